The van der Waals surface area contributed by atoms with E-state index in [9.17, 15) is 4.79 Å². The maximum absolute atomic E-state index is 13.1. The van der Waals surface area contributed by atoms with Crippen LogP contribution in [0.3, 0.4) is 0 Å². The topological polar surface area (TPSA) is 41.6 Å². The van der Waals surface area contributed by atoms with Crippen molar-refractivity contribution in [3.8, 4) is 5.75 Å². The van der Waals surface area contributed by atoms with Gasteiger partial charge in [-0.3, -0.25) is 4.79 Å². The van der Waals surface area contributed by atoms with Crippen LogP contribution in [0, 0.1) is 0 Å². The molecule has 0 saturated heterocycles. The fourth-order valence-electron chi connectivity index (χ4n) is 4.45. The third-order valence-corrected chi connectivity index (χ3v) is 5.73. The fraction of sp³-hybridized carbons (Fsp3) is 0.375. The van der Waals surface area contributed by atoms with Crippen molar-refractivity contribution in [1.82, 2.24) is 5.32 Å². The molecule has 2 aromatic carbocycles. The van der Waals surface area contributed by atoms with Gasteiger partial charge in [-0.1, -0.05) is 37.3 Å². The molecular weight excluding hydrogens is 348 g/mol. The standard InChI is InChI=1S/C24H28N2O2/c1-6-16-8-10-17(11-9-16)22-25-23(27)20-13-18(28-7-2)12-19-15(3)14-24(4,5)26(22)21(19)20/h8-14,22H,6-7H2,1-5H3,(H,25,27). The predicted molar refractivity (Wildman–Crippen MR) is 114 cm³/mol. The van der Waals surface area contributed by atoms with Crippen LogP contribution in [0.25, 0.3) is 5.57 Å². The van der Waals surface area contributed by atoms with E-state index in [2.05, 4.69) is 74.3 Å². The normalized spacial score (nSPS) is 19.6. The van der Waals surface area contributed by atoms with Crippen molar-refractivity contribution in [3.63, 3.8) is 0 Å². The highest BCUT2D eigenvalue weighted by molar-refractivity contribution is 6.06. The minimum atomic E-state index is -0.235. The molecule has 1 atom stereocenters. The van der Waals surface area contributed by atoms with Crippen LogP contribution in [-0.4, -0.2) is 18.1 Å². The third kappa shape index (κ3) is 2.88. The summed E-state index contributed by atoms with van der Waals surface area (Å²) in [6.45, 7) is 11.2. The quantitative estimate of drug-likeness (QED) is 0.808. The molecule has 1 amide bonds. The first-order valence-corrected chi connectivity index (χ1v) is 10.1. The Hall–Kier alpha value is -2.75. The summed E-state index contributed by atoms with van der Waals surface area (Å²) in [5.74, 6) is 0.689. The van der Waals surface area contributed by atoms with Crippen molar-refractivity contribution in [2.45, 2.75) is 52.7 Å². The van der Waals surface area contributed by atoms with Crippen molar-refractivity contribution in [2.75, 3.05) is 11.5 Å². The average Bonchev–Trinajstić information content (AvgIpc) is 2.66. The molecule has 2 aliphatic heterocycles. The van der Waals surface area contributed by atoms with Gasteiger partial charge in [0.2, 0.25) is 0 Å². The Bertz CT molecular complexity index is 957. The van der Waals surface area contributed by atoms with E-state index in [1.165, 1.54) is 11.1 Å². The van der Waals surface area contributed by atoms with Crippen molar-refractivity contribution in [1.29, 1.82) is 0 Å². The van der Waals surface area contributed by atoms with E-state index in [0.717, 1.165) is 29.0 Å². The summed E-state index contributed by atoms with van der Waals surface area (Å²) in [5.41, 5.74) is 6.09. The van der Waals surface area contributed by atoms with Crippen LogP contribution in [0.2, 0.25) is 0 Å². The Morgan fingerprint density at radius 2 is 1.79 bits per heavy atom. The Labute approximate surface area is 167 Å². The molecule has 28 heavy (non-hydrogen) atoms. The molecular formula is C24H28N2O2. The van der Waals surface area contributed by atoms with Gasteiger partial charge in [-0.15, -0.1) is 0 Å². The van der Waals surface area contributed by atoms with Crippen molar-refractivity contribution in [3.05, 3.63) is 64.7 Å². The van der Waals surface area contributed by atoms with Crippen molar-refractivity contribution < 1.29 is 9.53 Å². The summed E-state index contributed by atoms with van der Waals surface area (Å²) in [5, 5.41) is 3.23. The number of benzene rings is 2. The smallest absolute Gasteiger partial charge is 0.255 e. The Morgan fingerprint density at radius 1 is 1.11 bits per heavy atom. The molecule has 0 aromatic heterocycles. The molecule has 0 aliphatic carbocycles. The van der Waals surface area contributed by atoms with Gasteiger partial charge in [0.05, 0.1) is 23.4 Å². The lowest BCUT2D eigenvalue weighted by Crippen LogP contribution is -2.56. The molecule has 0 bridgehead atoms. The summed E-state index contributed by atoms with van der Waals surface area (Å²) < 4.78 is 5.73. The van der Waals surface area contributed by atoms with E-state index in [0.29, 0.717) is 12.2 Å². The zero-order chi connectivity index (χ0) is 20.1. The van der Waals surface area contributed by atoms with Gasteiger partial charge in [0.15, 0.2) is 0 Å². The number of aryl methyl sites for hydroxylation is 1. The summed E-state index contributed by atoms with van der Waals surface area (Å²) in [7, 11) is 0. The van der Waals surface area contributed by atoms with Crippen LogP contribution in [0.4, 0.5) is 5.69 Å². The average molecular weight is 377 g/mol. The largest absolute Gasteiger partial charge is 0.494 e. The monoisotopic (exact) mass is 376 g/mol. The van der Waals surface area contributed by atoms with E-state index < -0.39 is 0 Å². The molecule has 146 valence electrons. The van der Waals surface area contributed by atoms with E-state index in [-0.39, 0.29) is 17.6 Å². The molecule has 4 rings (SSSR count). The zero-order valence-electron chi connectivity index (χ0n) is 17.3. The van der Waals surface area contributed by atoms with Gasteiger partial charge in [0, 0.05) is 5.56 Å². The summed E-state index contributed by atoms with van der Waals surface area (Å²) in [6, 6.07) is 12.5. The number of hydrogen-bond acceptors (Lipinski definition) is 3. The number of hydrogen-bond donors (Lipinski definition) is 1. The lowest BCUT2D eigenvalue weighted by molar-refractivity contribution is 0.0921. The van der Waals surface area contributed by atoms with Crippen LogP contribution in [-0.2, 0) is 6.42 Å². The van der Waals surface area contributed by atoms with Gasteiger partial charge in [-0.05, 0) is 62.9 Å². The SMILES string of the molecule is CCOc1cc2c3c(c1)C(C)=CC(C)(C)N3C(c1ccc(CC)cc1)NC2=O. The number of ether oxygens (including phenoxy) is 1. The molecule has 0 saturated carbocycles. The van der Waals surface area contributed by atoms with Gasteiger partial charge in [0.25, 0.3) is 5.91 Å². The Morgan fingerprint density at radius 3 is 2.43 bits per heavy atom. The van der Waals surface area contributed by atoms with Crippen molar-refractivity contribution >= 4 is 17.2 Å². The molecule has 4 heteroatoms. The number of anilines is 1. The second kappa shape index (κ2) is 6.69. The minimum absolute atomic E-state index is 0.0517. The molecule has 1 N–H and O–H groups in total. The summed E-state index contributed by atoms with van der Waals surface area (Å²) >= 11 is 0. The Balaban J connectivity index is 1.90. The zero-order valence-corrected chi connectivity index (χ0v) is 17.3. The number of nitrogens with one attached hydrogen (secondary N) is 1. The van der Waals surface area contributed by atoms with E-state index >= 15 is 0 Å². The molecule has 2 aliphatic rings. The van der Waals surface area contributed by atoms with Crippen LogP contribution >= 0.6 is 0 Å². The lowest BCUT2D eigenvalue weighted by Gasteiger charge is -2.51. The van der Waals surface area contributed by atoms with Gasteiger partial charge < -0.3 is 15.0 Å². The van der Waals surface area contributed by atoms with Gasteiger partial charge in [-0.25, -0.2) is 0 Å². The second-order valence-electron chi connectivity index (χ2n) is 8.12. The first kappa shape index (κ1) is 18.6. The van der Waals surface area contributed by atoms with Crippen LogP contribution in [0.1, 0.15) is 67.8 Å². The van der Waals surface area contributed by atoms with Crippen LogP contribution in [0.5, 0.6) is 5.75 Å². The molecule has 2 heterocycles. The van der Waals surface area contributed by atoms with E-state index in [1.807, 2.05) is 13.0 Å². The first-order valence-electron chi connectivity index (χ1n) is 10.1. The van der Waals surface area contributed by atoms with Gasteiger partial charge in [-0.2, -0.15) is 0 Å². The molecule has 0 spiro atoms. The van der Waals surface area contributed by atoms with E-state index in [4.69, 9.17) is 4.74 Å². The molecule has 0 fully saturated rings. The number of carbonyl (C=O) groups excluding carboxylic acids is 1. The number of allylic oxidation sites excluding steroid dienone is 1. The molecule has 4 nitrogen and oxygen atoms in total. The first-order chi connectivity index (χ1) is 13.4. The van der Waals surface area contributed by atoms with Crippen LogP contribution < -0.4 is 15.0 Å². The number of amides is 1. The molecule has 0 radical (unpaired) electrons. The second-order valence-corrected chi connectivity index (χ2v) is 8.12. The highest BCUT2D eigenvalue weighted by Gasteiger charge is 2.43. The molecule has 2 aromatic rings. The lowest BCUT2D eigenvalue weighted by atomic mass is 9.84. The highest BCUT2D eigenvalue weighted by Crippen LogP contribution is 2.48. The van der Waals surface area contributed by atoms with Gasteiger partial charge >= 0.3 is 0 Å². The minimum Gasteiger partial charge on any atom is -0.494 e. The summed E-state index contributed by atoms with van der Waals surface area (Å²) in [6.07, 6.45) is 3.07. The fourth-order valence-corrected chi connectivity index (χ4v) is 4.45. The maximum atomic E-state index is 13.1. The Kier molecular flexibility index (Phi) is 4.45. The van der Waals surface area contributed by atoms with E-state index in [1.54, 1.807) is 0 Å². The third-order valence-electron chi connectivity index (χ3n) is 5.73. The number of rotatable bonds is 4. The highest BCUT2D eigenvalue weighted by atomic mass is 16.5. The van der Waals surface area contributed by atoms with Crippen LogP contribution in [0.15, 0.2) is 42.5 Å². The van der Waals surface area contributed by atoms with Gasteiger partial charge in [0.1, 0.15) is 11.9 Å². The number of nitrogens with zero attached hydrogens (tertiary/aromatic N) is 1. The maximum Gasteiger partial charge on any atom is 0.255 e. The molecule has 1 unspecified atom stereocenters. The number of carbonyl (C=O) groups is 1. The predicted octanol–water partition coefficient (Wildman–Crippen LogP) is 5.09. The van der Waals surface area contributed by atoms with Crippen molar-refractivity contribution in [2.24, 2.45) is 0 Å². The summed E-state index contributed by atoms with van der Waals surface area (Å²) in [4.78, 5) is 15.4.